The van der Waals surface area contributed by atoms with Gasteiger partial charge in [-0.25, -0.2) is 0 Å². The monoisotopic (exact) mass is 171 g/mol. The van der Waals surface area contributed by atoms with Crippen LogP contribution in [0.25, 0.3) is 0 Å². The standard InChI is InChI=1S/C9H17NS/c1-9(11-2)5-8-10-6-3-4-7-10/h5,8-9H,3-4,6-7H2,1-2H3. The van der Waals surface area contributed by atoms with Crippen molar-refractivity contribution in [1.82, 2.24) is 4.90 Å². The van der Waals surface area contributed by atoms with Crippen LogP contribution < -0.4 is 0 Å². The second kappa shape index (κ2) is 4.70. The lowest BCUT2D eigenvalue weighted by Crippen LogP contribution is -2.11. The Labute approximate surface area is 73.8 Å². The molecular formula is C9H17NS. The van der Waals surface area contributed by atoms with Crippen LogP contribution in [0.3, 0.4) is 0 Å². The van der Waals surface area contributed by atoms with Gasteiger partial charge in [-0.3, -0.25) is 0 Å². The molecule has 0 radical (unpaired) electrons. The van der Waals surface area contributed by atoms with Crippen molar-refractivity contribution in [3.63, 3.8) is 0 Å². The molecule has 0 bridgehead atoms. The van der Waals surface area contributed by atoms with Crippen LogP contribution in [0.4, 0.5) is 0 Å². The quantitative estimate of drug-likeness (QED) is 0.641. The number of thioether (sulfide) groups is 1. The summed E-state index contributed by atoms with van der Waals surface area (Å²) >= 11 is 1.89. The molecule has 1 saturated heterocycles. The van der Waals surface area contributed by atoms with E-state index in [1.165, 1.54) is 25.9 Å². The number of rotatable bonds is 3. The summed E-state index contributed by atoms with van der Waals surface area (Å²) in [5.41, 5.74) is 0. The molecule has 0 N–H and O–H groups in total. The van der Waals surface area contributed by atoms with Crippen LogP contribution in [0.1, 0.15) is 19.8 Å². The molecule has 0 aliphatic carbocycles. The van der Waals surface area contributed by atoms with E-state index in [1.54, 1.807) is 0 Å². The first kappa shape index (κ1) is 8.98. The second-order valence-electron chi connectivity index (χ2n) is 3.03. The summed E-state index contributed by atoms with van der Waals surface area (Å²) in [6.45, 7) is 4.76. The molecule has 0 spiro atoms. The lowest BCUT2D eigenvalue weighted by Gasteiger charge is -2.11. The van der Waals surface area contributed by atoms with Crippen molar-refractivity contribution >= 4 is 11.8 Å². The smallest absolute Gasteiger partial charge is 0.0212 e. The summed E-state index contributed by atoms with van der Waals surface area (Å²) < 4.78 is 0. The lowest BCUT2D eigenvalue weighted by atomic mass is 10.4. The molecule has 1 rings (SSSR count). The third-order valence-electron chi connectivity index (χ3n) is 2.08. The Balaban J connectivity index is 2.22. The molecule has 0 amide bonds. The Morgan fingerprint density at radius 2 is 2.00 bits per heavy atom. The van der Waals surface area contributed by atoms with Crippen LogP contribution in [-0.4, -0.2) is 29.5 Å². The molecule has 1 nitrogen and oxygen atoms in total. The zero-order chi connectivity index (χ0) is 8.10. The van der Waals surface area contributed by atoms with Crippen molar-refractivity contribution in [2.75, 3.05) is 19.3 Å². The highest BCUT2D eigenvalue weighted by Crippen LogP contribution is 2.10. The largest absolute Gasteiger partial charge is 0.378 e. The summed E-state index contributed by atoms with van der Waals surface area (Å²) in [6, 6.07) is 0. The van der Waals surface area contributed by atoms with E-state index in [4.69, 9.17) is 0 Å². The normalized spacial score (nSPS) is 21.5. The summed E-state index contributed by atoms with van der Waals surface area (Å²) in [5.74, 6) is 0. The van der Waals surface area contributed by atoms with Gasteiger partial charge in [0.1, 0.15) is 0 Å². The maximum absolute atomic E-state index is 2.41. The van der Waals surface area contributed by atoms with Crippen LogP contribution in [0.15, 0.2) is 12.3 Å². The van der Waals surface area contributed by atoms with Crippen molar-refractivity contribution in [2.45, 2.75) is 25.0 Å². The summed E-state index contributed by atoms with van der Waals surface area (Å²) in [7, 11) is 0. The molecule has 64 valence electrons. The molecule has 1 heterocycles. The highest BCUT2D eigenvalue weighted by Gasteiger charge is 2.06. The van der Waals surface area contributed by atoms with Crippen LogP contribution >= 0.6 is 11.8 Å². The number of hydrogen-bond acceptors (Lipinski definition) is 2. The van der Waals surface area contributed by atoms with E-state index in [0.29, 0.717) is 5.25 Å². The van der Waals surface area contributed by atoms with Gasteiger partial charge in [0.2, 0.25) is 0 Å². The van der Waals surface area contributed by atoms with Crippen molar-refractivity contribution < 1.29 is 0 Å². The molecule has 2 heteroatoms. The first-order chi connectivity index (χ1) is 5.33. The van der Waals surface area contributed by atoms with E-state index in [0.717, 1.165) is 0 Å². The molecular weight excluding hydrogens is 154 g/mol. The van der Waals surface area contributed by atoms with E-state index < -0.39 is 0 Å². The van der Waals surface area contributed by atoms with Gasteiger partial charge in [0, 0.05) is 18.3 Å². The maximum atomic E-state index is 2.41. The van der Waals surface area contributed by atoms with Crippen LogP contribution in [0.2, 0.25) is 0 Å². The van der Waals surface area contributed by atoms with Crippen LogP contribution in [0.5, 0.6) is 0 Å². The molecule has 1 aliphatic heterocycles. The minimum atomic E-state index is 0.663. The van der Waals surface area contributed by atoms with E-state index in [-0.39, 0.29) is 0 Å². The fraction of sp³-hybridized carbons (Fsp3) is 0.778. The average Bonchev–Trinajstić information content (AvgIpc) is 2.52. The lowest BCUT2D eigenvalue weighted by molar-refractivity contribution is 0.467. The Kier molecular flexibility index (Phi) is 3.84. The van der Waals surface area contributed by atoms with Gasteiger partial charge >= 0.3 is 0 Å². The molecule has 1 fully saturated rings. The van der Waals surface area contributed by atoms with Crippen molar-refractivity contribution in [3.8, 4) is 0 Å². The zero-order valence-electron chi connectivity index (χ0n) is 7.42. The molecule has 1 unspecified atom stereocenters. The van der Waals surface area contributed by atoms with Gasteiger partial charge in [0.05, 0.1) is 0 Å². The first-order valence-corrected chi connectivity index (χ1v) is 5.57. The number of hydrogen-bond donors (Lipinski definition) is 0. The highest BCUT2D eigenvalue weighted by molar-refractivity contribution is 7.99. The highest BCUT2D eigenvalue weighted by atomic mass is 32.2. The number of nitrogens with zero attached hydrogens (tertiary/aromatic N) is 1. The van der Waals surface area contributed by atoms with E-state index in [9.17, 15) is 0 Å². The molecule has 0 saturated carbocycles. The Morgan fingerprint density at radius 3 is 2.55 bits per heavy atom. The van der Waals surface area contributed by atoms with Gasteiger partial charge in [-0.2, -0.15) is 11.8 Å². The van der Waals surface area contributed by atoms with Crippen molar-refractivity contribution in [2.24, 2.45) is 0 Å². The minimum Gasteiger partial charge on any atom is -0.378 e. The SMILES string of the molecule is CSC(C)C=CN1CCCC1. The zero-order valence-corrected chi connectivity index (χ0v) is 8.23. The van der Waals surface area contributed by atoms with Gasteiger partial charge in [-0.05, 0) is 32.2 Å². The Bertz CT molecular complexity index is 128. The van der Waals surface area contributed by atoms with E-state index in [1.807, 2.05) is 11.8 Å². The summed E-state index contributed by atoms with van der Waals surface area (Å²) in [5, 5.41) is 0.663. The third kappa shape index (κ3) is 3.19. The van der Waals surface area contributed by atoms with Crippen molar-refractivity contribution in [3.05, 3.63) is 12.3 Å². The maximum Gasteiger partial charge on any atom is 0.0212 e. The summed E-state index contributed by atoms with van der Waals surface area (Å²) in [6.07, 6.45) is 9.44. The average molecular weight is 171 g/mol. The third-order valence-corrected chi connectivity index (χ3v) is 2.98. The van der Waals surface area contributed by atoms with Gasteiger partial charge in [-0.1, -0.05) is 6.08 Å². The Morgan fingerprint density at radius 1 is 1.36 bits per heavy atom. The Hall–Kier alpha value is -0.110. The molecule has 0 aromatic heterocycles. The van der Waals surface area contributed by atoms with Crippen LogP contribution in [0, 0.1) is 0 Å². The molecule has 0 aromatic rings. The van der Waals surface area contributed by atoms with Crippen molar-refractivity contribution in [1.29, 1.82) is 0 Å². The minimum absolute atomic E-state index is 0.663. The first-order valence-electron chi connectivity index (χ1n) is 4.28. The van der Waals surface area contributed by atoms with Crippen LogP contribution in [-0.2, 0) is 0 Å². The van der Waals surface area contributed by atoms with Gasteiger partial charge in [-0.15, -0.1) is 0 Å². The predicted molar refractivity (Wildman–Crippen MR) is 52.9 cm³/mol. The fourth-order valence-corrected chi connectivity index (χ4v) is 1.44. The van der Waals surface area contributed by atoms with E-state index in [2.05, 4.69) is 30.4 Å². The molecule has 1 atom stereocenters. The van der Waals surface area contributed by atoms with Gasteiger partial charge < -0.3 is 4.90 Å². The molecule has 1 aliphatic rings. The summed E-state index contributed by atoms with van der Waals surface area (Å²) in [4.78, 5) is 2.41. The van der Waals surface area contributed by atoms with Gasteiger partial charge in [0.15, 0.2) is 0 Å². The predicted octanol–water partition coefficient (Wildman–Crippen LogP) is 2.35. The van der Waals surface area contributed by atoms with Gasteiger partial charge in [0.25, 0.3) is 0 Å². The molecule has 0 aromatic carbocycles. The van der Waals surface area contributed by atoms with E-state index >= 15 is 0 Å². The molecule has 11 heavy (non-hydrogen) atoms. The fourth-order valence-electron chi connectivity index (χ4n) is 1.21. The number of likely N-dealkylation sites (tertiary alicyclic amines) is 1. The topological polar surface area (TPSA) is 3.24 Å². The second-order valence-corrected chi connectivity index (χ2v) is 4.24.